The molecule has 0 saturated carbocycles. The average Bonchev–Trinajstić information content (AvgIpc) is 2.75. The molecule has 0 unspecified atom stereocenters. The lowest BCUT2D eigenvalue weighted by Gasteiger charge is -2.08. The molecule has 7 heteroatoms. The largest absolute Gasteiger partial charge is 0.496 e. The number of anilines is 1. The Morgan fingerprint density at radius 1 is 1.40 bits per heavy atom. The highest BCUT2D eigenvalue weighted by molar-refractivity contribution is 5.56. The van der Waals surface area contributed by atoms with E-state index < -0.39 is 4.92 Å². The second-order valence-corrected chi connectivity index (χ2v) is 4.33. The maximum absolute atomic E-state index is 10.9. The Bertz CT molecular complexity index is 617. The summed E-state index contributed by atoms with van der Waals surface area (Å²) >= 11 is 0. The number of non-ortho nitro benzene ring substituents is 1. The number of rotatable bonds is 5. The number of hydrogen-bond acceptors (Lipinski definition) is 6. The number of benzene rings is 1. The molecule has 1 aromatic carbocycles. The minimum Gasteiger partial charge on any atom is -0.496 e. The molecule has 0 bridgehead atoms. The van der Waals surface area contributed by atoms with E-state index in [9.17, 15) is 10.1 Å². The van der Waals surface area contributed by atoms with Crippen LogP contribution in [0.25, 0.3) is 0 Å². The van der Waals surface area contributed by atoms with Crippen LogP contribution in [0.5, 0.6) is 5.75 Å². The van der Waals surface area contributed by atoms with Gasteiger partial charge in [-0.1, -0.05) is 5.16 Å². The fourth-order valence-electron chi connectivity index (χ4n) is 1.85. The van der Waals surface area contributed by atoms with E-state index in [1.807, 2.05) is 13.8 Å². The van der Waals surface area contributed by atoms with Crippen molar-refractivity contribution in [1.82, 2.24) is 5.16 Å². The second kappa shape index (κ2) is 5.60. The fraction of sp³-hybridized carbons (Fsp3) is 0.308. The summed E-state index contributed by atoms with van der Waals surface area (Å²) in [6.07, 6.45) is 0. The van der Waals surface area contributed by atoms with Crippen LogP contribution in [0.15, 0.2) is 22.7 Å². The van der Waals surface area contributed by atoms with Crippen LogP contribution < -0.4 is 10.1 Å². The van der Waals surface area contributed by atoms with Crippen molar-refractivity contribution in [3.05, 3.63) is 45.3 Å². The molecule has 106 valence electrons. The number of ether oxygens (including phenoxy) is 1. The maximum Gasteiger partial charge on any atom is 0.275 e. The minimum atomic E-state index is -0.455. The lowest BCUT2D eigenvalue weighted by molar-refractivity contribution is -0.384. The summed E-state index contributed by atoms with van der Waals surface area (Å²) in [6.45, 7) is 4.15. The molecule has 2 rings (SSSR count). The van der Waals surface area contributed by atoms with Gasteiger partial charge in [-0.3, -0.25) is 10.1 Å². The molecule has 0 aliphatic carbocycles. The molecule has 1 heterocycles. The van der Waals surface area contributed by atoms with Gasteiger partial charge in [0.2, 0.25) is 0 Å². The monoisotopic (exact) mass is 277 g/mol. The number of aromatic nitrogens is 1. The first kappa shape index (κ1) is 13.9. The molecule has 2 aromatic rings. The van der Waals surface area contributed by atoms with Crippen molar-refractivity contribution in [3.63, 3.8) is 0 Å². The van der Waals surface area contributed by atoms with Gasteiger partial charge in [0.1, 0.15) is 11.5 Å². The Hall–Kier alpha value is -2.57. The summed E-state index contributed by atoms with van der Waals surface area (Å²) in [7, 11) is 1.47. The topological polar surface area (TPSA) is 90.4 Å². The SMILES string of the molecule is COc1cc(NCc2c(C)noc2C)cc([N+](=O)[O-])c1. The third kappa shape index (κ3) is 2.87. The lowest BCUT2D eigenvalue weighted by atomic mass is 10.2. The molecule has 0 saturated heterocycles. The summed E-state index contributed by atoms with van der Waals surface area (Å²) in [5.41, 5.74) is 2.32. The Balaban J connectivity index is 2.21. The zero-order valence-electron chi connectivity index (χ0n) is 11.5. The van der Waals surface area contributed by atoms with Gasteiger partial charge in [-0.15, -0.1) is 0 Å². The molecule has 7 nitrogen and oxygen atoms in total. The number of nitro groups is 1. The van der Waals surface area contributed by atoms with Gasteiger partial charge in [-0.2, -0.15) is 0 Å². The van der Waals surface area contributed by atoms with Gasteiger partial charge in [-0.05, 0) is 13.8 Å². The molecule has 0 spiro atoms. The highest BCUT2D eigenvalue weighted by atomic mass is 16.6. The van der Waals surface area contributed by atoms with Crippen molar-refractivity contribution in [2.75, 3.05) is 12.4 Å². The second-order valence-electron chi connectivity index (χ2n) is 4.33. The normalized spacial score (nSPS) is 10.3. The average molecular weight is 277 g/mol. The maximum atomic E-state index is 10.9. The van der Waals surface area contributed by atoms with E-state index in [1.54, 1.807) is 6.07 Å². The van der Waals surface area contributed by atoms with E-state index in [4.69, 9.17) is 9.26 Å². The van der Waals surface area contributed by atoms with Gasteiger partial charge in [0.15, 0.2) is 0 Å². The highest BCUT2D eigenvalue weighted by Gasteiger charge is 2.12. The minimum absolute atomic E-state index is 0.0226. The molecule has 1 N–H and O–H groups in total. The molecule has 0 aliphatic heterocycles. The van der Waals surface area contributed by atoms with E-state index in [1.165, 1.54) is 19.2 Å². The third-order valence-electron chi connectivity index (χ3n) is 2.99. The molecule has 1 aromatic heterocycles. The van der Waals surface area contributed by atoms with E-state index in [-0.39, 0.29) is 5.69 Å². The Kier molecular flexibility index (Phi) is 3.88. The van der Waals surface area contributed by atoms with Gasteiger partial charge in [0.25, 0.3) is 5.69 Å². The van der Waals surface area contributed by atoms with E-state index >= 15 is 0 Å². The van der Waals surface area contributed by atoms with Gasteiger partial charge in [-0.25, -0.2) is 0 Å². The first-order valence-electron chi connectivity index (χ1n) is 6.00. The smallest absolute Gasteiger partial charge is 0.275 e. The number of nitrogens with zero attached hydrogens (tertiary/aromatic N) is 2. The third-order valence-corrected chi connectivity index (χ3v) is 2.99. The molecular formula is C13H15N3O4. The number of nitrogens with one attached hydrogen (secondary N) is 1. The van der Waals surface area contributed by atoms with Crippen molar-refractivity contribution < 1.29 is 14.2 Å². The van der Waals surface area contributed by atoms with Gasteiger partial charge < -0.3 is 14.6 Å². The van der Waals surface area contributed by atoms with Gasteiger partial charge >= 0.3 is 0 Å². The highest BCUT2D eigenvalue weighted by Crippen LogP contribution is 2.26. The van der Waals surface area contributed by atoms with Crippen LogP contribution in [0.1, 0.15) is 17.0 Å². The number of aryl methyl sites for hydroxylation is 2. The summed E-state index contributed by atoms with van der Waals surface area (Å²) < 4.78 is 10.1. The number of nitro benzene ring substituents is 1. The van der Waals surface area contributed by atoms with Crippen LogP contribution in [-0.4, -0.2) is 17.2 Å². The van der Waals surface area contributed by atoms with Crippen LogP contribution in [0.2, 0.25) is 0 Å². The molecule has 0 radical (unpaired) electrons. The van der Waals surface area contributed by atoms with Gasteiger partial charge in [0, 0.05) is 29.9 Å². The van der Waals surface area contributed by atoms with Crippen molar-refractivity contribution in [2.45, 2.75) is 20.4 Å². The predicted octanol–water partition coefficient (Wildman–Crippen LogP) is 2.82. The van der Waals surface area contributed by atoms with E-state index in [2.05, 4.69) is 10.5 Å². The summed E-state index contributed by atoms with van der Waals surface area (Å²) in [4.78, 5) is 10.4. The Morgan fingerprint density at radius 2 is 2.15 bits per heavy atom. The van der Waals surface area contributed by atoms with Crippen LogP contribution >= 0.6 is 0 Å². The van der Waals surface area contributed by atoms with Crippen LogP contribution in [0.3, 0.4) is 0 Å². The van der Waals surface area contributed by atoms with Gasteiger partial charge in [0.05, 0.1) is 23.8 Å². The Labute approximate surface area is 115 Å². The van der Waals surface area contributed by atoms with Crippen molar-refractivity contribution >= 4 is 11.4 Å². The molecule has 0 aliphatic rings. The van der Waals surface area contributed by atoms with Crippen LogP contribution in [0.4, 0.5) is 11.4 Å². The zero-order valence-corrected chi connectivity index (χ0v) is 11.5. The molecule has 0 atom stereocenters. The summed E-state index contributed by atoms with van der Waals surface area (Å²) in [6, 6.07) is 4.53. The molecule has 0 fully saturated rings. The first-order valence-corrected chi connectivity index (χ1v) is 6.00. The van der Waals surface area contributed by atoms with E-state index in [0.717, 1.165) is 17.0 Å². The fourth-order valence-corrected chi connectivity index (χ4v) is 1.85. The summed E-state index contributed by atoms with van der Waals surface area (Å²) in [5.74, 6) is 1.16. The van der Waals surface area contributed by atoms with Crippen LogP contribution in [-0.2, 0) is 6.54 Å². The molecule has 0 amide bonds. The standard InChI is InChI=1S/C13H15N3O4/c1-8-13(9(2)20-15-8)7-14-10-4-11(16(17)18)6-12(5-10)19-3/h4-6,14H,7H2,1-3H3. The van der Waals surface area contributed by atoms with Crippen molar-refractivity contribution in [2.24, 2.45) is 0 Å². The quantitative estimate of drug-likeness (QED) is 0.667. The molecule has 20 heavy (non-hydrogen) atoms. The lowest BCUT2D eigenvalue weighted by Crippen LogP contribution is -2.02. The van der Waals surface area contributed by atoms with Crippen LogP contribution in [0, 0.1) is 24.0 Å². The molecular weight excluding hydrogens is 262 g/mol. The van der Waals surface area contributed by atoms with Crippen molar-refractivity contribution in [1.29, 1.82) is 0 Å². The number of methoxy groups -OCH3 is 1. The van der Waals surface area contributed by atoms with Crippen molar-refractivity contribution in [3.8, 4) is 5.75 Å². The Morgan fingerprint density at radius 3 is 2.70 bits per heavy atom. The predicted molar refractivity (Wildman–Crippen MR) is 73.0 cm³/mol. The zero-order chi connectivity index (χ0) is 14.7. The first-order chi connectivity index (χ1) is 9.51. The van der Waals surface area contributed by atoms with E-state index in [0.29, 0.717) is 18.0 Å². The summed E-state index contributed by atoms with van der Waals surface area (Å²) in [5, 5.41) is 17.8. The number of hydrogen-bond donors (Lipinski definition) is 1.